The fraction of sp³-hybridized carbons (Fsp3) is 0.308. The number of hydrogen-bond acceptors (Lipinski definition) is 4. The third-order valence-corrected chi connectivity index (χ3v) is 5.31. The Morgan fingerprint density at radius 2 is 1.95 bits per heavy atom. The van der Waals surface area contributed by atoms with Gasteiger partial charge in [-0.25, -0.2) is 8.42 Å². The van der Waals surface area contributed by atoms with Crippen molar-refractivity contribution in [3.63, 3.8) is 0 Å². The summed E-state index contributed by atoms with van der Waals surface area (Å²) in [6, 6.07) is 7.94. The van der Waals surface area contributed by atoms with Crippen molar-refractivity contribution in [2.45, 2.75) is 10.3 Å². The van der Waals surface area contributed by atoms with Crippen molar-refractivity contribution in [3.05, 3.63) is 43.0 Å². The molecule has 5 nitrogen and oxygen atoms in total. The lowest BCUT2D eigenvalue weighted by molar-refractivity contribution is -0.152. The number of carbonyl (C=O) groups excluding carboxylic acids is 1. The molecule has 1 aliphatic rings. The monoisotopic (exact) mass is 281 g/mol. The van der Waals surface area contributed by atoms with Gasteiger partial charge in [0.15, 0.2) is 15.2 Å². The van der Waals surface area contributed by atoms with E-state index in [-0.39, 0.29) is 17.3 Å². The molecule has 0 spiro atoms. The summed E-state index contributed by atoms with van der Waals surface area (Å²) in [4.78, 5) is 13.1. The van der Waals surface area contributed by atoms with Gasteiger partial charge in [0.1, 0.15) is 0 Å². The molecule has 6 heteroatoms. The molecular weight excluding hydrogens is 266 g/mol. The number of amides is 1. The van der Waals surface area contributed by atoms with Crippen molar-refractivity contribution in [1.82, 2.24) is 4.90 Å². The third-order valence-electron chi connectivity index (χ3n) is 3.16. The van der Waals surface area contributed by atoms with E-state index in [0.717, 1.165) is 0 Å². The first-order valence-corrected chi connectivity index (χ1v) is 7.40. The zero-order valence-electron chi connectivity index (χ0n) is 10.3. The molecule has 1 aromatic carbocycles. The van der Waals surface area contributed by atoms with Gasteiger partial charge < -0.3 is 10.0 Å². The first kappa shape index (κ1) is 13.8. The molecule has 19 heavy (non-hydrogen) atoms. The maximum absolute atomic E-state index is 12.5. The van der Waals surface area contributed by atoms with Gasteiger partial charge >= 0.3 is 0 Å². The van der Waals surface area contributed by atoms with Crippen molar-refractivity contribution in [2.75, 3.05) is 13.2 Å². The fourth-order valence-corrected chi connectivity index (χ4v) is 4.21. The van der Waals surface area contributed by atoms with Crippen LogP contribution in [0.1, 0.15) is 0 Å². The quantitative estimate of drug-likeness (QED) is 0.627. The average molecular weight is 281 g/mol. The second-order valence-electron chi connectivity index (χ2n) is 4.32. The summed E-state index contributed by atoms with van der Waals surface area (Å²) in [6.07, 6.45) is 1.47. The van der Waals surface area contributed by atoms with E-state index in [9.17, 15) is 18.3 Å². The number of β-lactam (4-membered cyclic amide) rings is 1. The normalized spacial score (nSPS) is 23.0. The Balaban J connectivity index is 2.38. The molecule has 0 saturated carbocycles. The Kier molecular flexibility index (Phi) is 3.73. The molecule has 1 fully saturated rings. The van der Waals surface area contributed by atoms with Crippen LogP contribution in [0.2, 0.25) is 0 Å². The minimum absolute atomic E-state index is 0.153. The van der Waals surface area contributed by atoms with Crippen LogP contribution in [0.25, 0.3) is 0 Å². The highest BCUT2D eigenvalue weighted by atomic mass is 32.2. The largest absolute Gasteiger partial charge is 0.395 e. The van der Waals surface area contributed by atoms with Gasteiger partial charge in [0.05, 0.1) is 17.4 Å². The number of sulfone groups is 1. The van der Waals surface area contributed by atoms with Crippen molar-refractivity contribution >= 4 is 15.7 Å². The summed E-state index contributed by atoms with van der Waals surface area (Å²) in [7, 11) is -3.67. The lowest BCUT2D eigenvalue weighted by Crippen LogP contribution is -2.65. The van der Waals surface area contributed by atoms with Crippen LogP contribution in [0.15, 0.2) is 47.9 Å². The van der Waals surface area contributed by atoms with E-state index in [2.05, 4.69) is 6.58 Å². The first-order chi connectivity index (χ1) is 9.04. The van der Waals surface area contributed by atoms with Crippen LogP contribution in [-0.4, -0.2) is 42.9 Å². The molecule has 1 aliphatic heterocycles. The summed E-state index contributed by atoms with van der Waals surface area (Å²) < 4.78 is 25.0. The molecular formula is C13H15NO4S. The molecule has 1 amide bonds. The summed E-state index contributed by atoms with van der Waals surface area (Å²) in [5.41, 5.74) is 0. The summed E-state index contributed by atoms with van der Waals surface area (Å²) in [5, 5.41) is 8.18. The number of aliphatic hydroxyl groups excluding tert-OH is 1. The van der Waals surface area contributed by atoms with E-state index in [1.165, 1.54) is 23.1 Å². The maximum Gasteiger partial charge on any atom is 0.232 e. The van der Waals surface area contributed by atoms with E-state index >= 15 is 0 Å². The van der Waals surface area contributed by atoms with Crippen LogP contribution in [0, 0.1) is 5.92 Å². The highest BCUT2D eigenvalue weighted by Gasteiger charge is 2.53. The second-order valence-corrected chi connectivity index (χ2v) is 6.36. The molecule has 0 unspecified atom stereocenters. The zero-order valence-corrected chi connectivity index (χ0v) is 11.1. The van der Waals surface area contributed by atoms with Crippen molar-refractivity contribution < 1.29 is 18.3 Å². The first-order valence-electron chi connectivity index (χ1n) is 5.85. The molecule has 0 aliphatic carbocycles. The van der Waals surface area contributed by atoms with Crippen molar-refractivity contribution in [3.8, 4) is 0 Å². The highest BCUT2D eigenvalue weighted by molar-refractivity contribution is 7.92. The Labute approximate surface area is 112 Å². The van der Waals surface area contributed by atoms with Crippen molar-refractivity contribution in [1.29, 1.82) is 0 Å². The van der Waals surface area contributed by atoms with Gasteiger partial charge in [0.25, 0.3) is 0 Å². The van der Waals surface area contributed by atoms with Crippen molar-refractivity contribution in [2.24, 2.45) is 5.92 Å². The Hall–Kier alpha value is -1.66. The van der Waals surface area contributed by atoms with Gasteiger partial charge in [-0.15, -0.1) is 6.58 Å². The van der Waals surface area contributed by atoms with Crippen LogP contribution in [-0.2, 0) is 14.6 Å². The number of aliphatic hydroxyl groups is 1. The Morgan fingerprint density at radius 1 is 1.32 bits per heavy atom. The Bertz CT molecular complexity index is 582. The van der Waals surface area contributed by atoms with Crippen LogP contribution in [0.3, 0.4) is 0 Å². The summed E-state index contributed by atoms with van der Waals surface area (Å²) in [6.45, 7) is 3.20. The van der Waals surface area contributed by atoms with Gasteiger partial charge in [-0.3, -0.25) is 4.79 Å². The minimum Gasteiger partial charge on any atom is -0.395 e. The maximum atomic E-state index is 12.5. The van der Waals surface area contributed by atoms with E-state index in [0.29, 0.717) is 0 Å². The van der Waals surface area contributed by atoms with Crippen LogP contribution >= 0.6 is 0 Å². The molecule has 0 bridgehead atoms. The third kappa shape index (κ3) is 2.17. The standard InChI is InChI=1S/C13H15NO4S/c1-2-8-14-12(16)11(9-15)13(14)19(17,18)10-6-4-3-5-7-10/h2-7,11,13,15H,1,8-9H2/t11-,13+/m0/s1. The SMILES string of the molecule is C=CCN1C(=O)[C@H](CO)[C@H]1S(=O)(=O)c1ccccc1. The molecule has 2 atom stereocenters. The van der Waals surface area contributed by atoms with Crippen LogP contribution < -0.4 is 0 Å². The lowest BCUT2D eigenvalue weighted by Gasteiger charge is -2.45. The van der Waals surface area contributed by atoms with E-state index in [4.69, 9.17) is 0 Å². The molecule has 0 aromatic heterocycles. The van der Waals surface area contributed by atoms with Gasteiger partial charge in [-0.05, 0) is 12.1 Å². The molecule has 0 radical (unpaired) electrons. The fourth-order valence-electron chi connectivity index (χ4n) is 2.23. The zero-order chi connectivity index (χ0) is 14.0. The number of hydrogen-bond donors (Lipinski definition) is 1. The number of rotatable bonds is 5. The second kappa shape index (κ2) is 5.14. The highest BCUT2D eigenvalue weighted by Crippen LogP contribution is 2.34. The Morgan fingerprint density at radius 3 is 2.47 bits per heavy atom. The number of likely N-dealkylation sites (tertiary alicyclic amines) is 1. The lowest BCUT2D eigenvalue weighted by atomic mass is 9.99. The molecule has 102 valence electrons. The number of benzene rings is 1. The number of nitrogens with zero attached hydrogens (tertiary/aromatic N) is 1. The molecule has 1 N–H and O–H groups in total. The van der Waals surface area contributed by atoms with Crippen LogP contribution in [0.5, 0.6) is 0 Å². The summed E-state index contributed by atoms with van der Waals surface area (Å²) in [5.74, 6) is -1.24. The van der Waals surface area contributed by atoms with E-state index in [1.54, 1.807) is 18.2 Å². The minimum atomic E-state index is -3.67. The molecule has 1 saturated heterocycles. The van der Waals surface area contributed by atoms with Gasteiger partial charge in [0, 0.05) is 6.54 Å². The van der Waals surface area contributed by atoms with Gasteiger partial charge in [0.2, 0.25) is 5.91 Å². The van der Waals surface area contributed by atoms with Gasteiger partial charge in [-0.2, -0.15) is 0 Å². The van der Waals surface area contributed by atoms with Crippen LogP contribution in [0.4, 0.5) is 0 Å². The van der Waals surface area contributed by atoms with E-state index < -0.39 is 27.7 Å². The molecule has 1 aromatic rings. The molecule has 2 rings (SSSR count). The van der Waals surface area contributed by atoms with E-state index in [1.807, 2.05) is 0 Å². The molecule has 1 heterocycles. The topological polar surface area (TPSA) is 74.7 Å². The predicted molar refractivity (Wildman–Crippen MR) is 69.9 cm³/mol. The average Bonchev–Trinajstić information content (AvgIpc) is 2.42. The number of carbonyl (C=O) groups is 1. The van der Waals surface area contributed by atoms with Gasteiger partial charge in [-0.1, -0.05) is 24.3 Å². The predicted octanol–water partition coefficient (Wildman–Crippen LogP) is 0.423. The summed E-state index contributed by atoms with van der Waals surface area (Å²) >= 11 is 0. The smallest absolute Gasteiger partial charge is 0.232 e.